The maximum absolute atomic E-state index is 13.0. The number of carbonyl (C=O) groups excluding carboxylic acids is 2. The summed E-state index contributed by atoms with van der Waals surface area (Å²) in [6.45, 7) is 1.64. The van der Waals surface area contributed by atoms with Gasteiger partial charge in [0.2, 0.25) is 11.8 Å². The molecule has 29 heavy (non-hydrogen) atoms. The van der Waals surface area contributed by atoms with Gasteiger partial charge in [-0.1, -0.05) is 0 Å². The number of ether oxygens (including phenoxy) is 2. The van der Waals surface area contributed by atoms with Crippen LogP contribution in [0.4, 0.5) is 5.82 Å². The molecular formula is C20H23BrN4O4. The topological polar surface area (TPSA) is 93.7 Å². The van der Waals surface area contributed by atoms with Crippen LogP contribution in [0.25, 0.3) is 0 Å². The number of likely N-dealkylation sites (tertiary alicyclic amines) is 1. The molecule has 0 radical (unpaired) electrons. The van der Waals surface area contributed by atoms with Crippen molar-refractivity contribution in [3.05, 3.63) is 46.7 Å². The fraction of sp³-hybridized carbons (Fsp3) is 0.400. The molecule has 1 fully saturated rings. The molecule has 3 rings (SSSR count). The molecule has 0 aliphatic carbocycles. The molecule has 8 nitrogen and oxygen atoms in total. The fourth-order valence-electron chi connectivity index (χ4n) is 3.11. The summed E-state index contributed by atoms with van der Waals surface area (Å²) in [4.78, 5) is 35.7. The molecule has 1 atom stereocenters. The third-order valence-electron chi connectivity index (χ3n) is 4.59. The second-order valence-corrected chi connectivity index (χ2v) is 7.55. The highest BCUT2D eigenvalue weighted by atomic mass is 79.9. The monoisotopic (exact) mass is 462 g/mol. The van der Waals surface area contributed by atoms with E-state index in [9.17, 15) is 9.59 Å². The van der Waals surface area contributed by atoms with Crippen LogP contribution in [-0.4, -0.2) is 60.1 Å². The number of methoxy groups -OCH3 is 1. The maximum Gasteiger partial charge on any atom is 0.259 e. The number of aromatic nitrogens is 2. The number of nitrogens with one attached hydrogen (secondary N) is 1. The average Bonchev–Trinajstić information content (AvgIpc) is 2.75. The van der Waals surface area contributed by atoms with Crippen molar-refractivity contribution < 1.29 is 19.1 Å². The smallest absolute Gasteiger partial charge is 0.259 e. The largest absolute Gasteiger partial charge is 0.475 e. The van der Waals surface area contributed by atoms with Crippen LogP contribution in [0.5, 0.6) is 5.88 Å². The Morgan fingerprint density at radius 3 is 2.90 bits per heavy atom. The van der Waals surface area contributed by atoms with E-state index in [0.717, 1.165) is 17.3 Å². The van der Waals surface area contributed by atoms with Crippen molar-refractivity contribution in [2.24, 2.45) is 5.92 Å². The minimum Gasteiger partial charge on any atom is -0.475 e. The molecule has 1 saturated heterocycles. The Bertz CT molecular complexity index is 847. The molecule has 0 bridgehead atoms. The summed E-state index contributed by atoms with van der Waals surface area (Å²) in [6.07, 6.45) is 4.67. The van der Waals surface area contributed by atoms with Gasteiger partial charge in [0.25, 0.3) is 5.91 Å². The number of nitrogens with zero attached hydrogens (tertiary/aromatic N) is 3. The minimum absolute atomic E-state index is 0.139. The van der Waals surface area contributed by atoms with Crippen LogP contribution in [0.2, 0.25) is 0 Å². The van der Waals surface area contributed by atoms with Gasteiger partial charge in [-0.2, -0.15) is 0 Å². The second kappa shape index (κ2) is 10.3. The van der Waals surface area contributed by atoms with Crippen molar-refractivity contribution in [1.82, 2.24) is 14.9 Å². The summed E-state index contributed by atoms with van der Waals surface area (Å²) in [6, 6.07) is 6.93. The van der Waals surface area contributed by atoms with Crippen molar-refractivity contribution in [1.29, 1.82) is 0 Å². The molecule has 3 heterocycles. The average molecular weight is 463 g/mol. The maximum atomic E-state index is 13.0. The van der Waals surface area contributed by atoms with E-state index < -0.39 is 0 Å². The number of anilines is 1. The van der Waals surface area contributed by atoms with E-state index in [1.54, 1.807) is 42.6 Å². The molecule has 1 N–H and O–H groups in total. The van der Waals surface area contributed by atoms with E-state index in [-0.39, 0.29) is 23.6 Å². The first-order valence-electron chi connectivity index (χ1n) is 9.37. The van der Waals surface area contributed by atoms with Crippen molar-refractivity contribution in [3.63, 3.8) is 0 Å². The van der Waals surface area contributed by atoms with Crippen LogP contribution in [0.3, 0.4) is 0 Å². The summed E-state index contributed by atoms with van der Waals surface area (Å²) in [7, 11) is 1.58. The normalized spacial score (nSPS) is 16.3. The first kappa shape index (κ1) is 21.2. The van der Waals surface area contributed by atoms with E-state index in [2.05, 4.69) is 31.2 Å². The first-order chi connectivity index (χ1) is 14.1. The summed E-state index contributed by atoms with van der Waals surface area (Å²) in [5.74, 6) is 0.139. The van der Waals surface area contributed by atoms with E-state index in [4.69, 9.17) is 9.47 Å². The van der Waals surface area contributed by atoms with Crippen molar-refractivity contribution in [2.45, 2.75) is 12.8 Å². The zero-order chi connectivity index (χ0) is 20.6. The third kappa shape index (κ3) is 5.74. The van der Waals surface area contributed by atoms with Crippen molar-refractivity contribution >= 4 is 33.6 Å². The number of piperidine rings is 1. The van der Waals surface area contributed by atoms with Crippen LogP contribution in [0, 0.1) is 5.92 Å². The Kier molecular flexibility index (Phi) is 7.54. The number of amides is 2. The van der Waals surface area contributed by atoms with Crippen LogP contribution in [0.1, 0.15) is 23.2 Å². The predicted octanol–water partition coefficient (Wildman–Crippen LogP) is 2.76. The Morgan fingerprint density at radius 2 is 2.14 bits per heavy atom. The summed E-state index contributed by atoms with van der Waals surface area (Å²) < 4.78 is 11.4. The van der Waals surface area contributed by atoms with Crippen molar-refractivity contribution in [3.8, 4) is 5.88 Å². The van der Waals surface area contributed by atoms with Gasteiger partial charge in [0, 0.05) is 37.1 Å². The van der Waals surface area contributed by atoms with Gasteiger partial charge < -0.3 is 19.7 Å². The number of halogens is 1. The number of hydrogen-bond acceptors (Lipinski definition) is 6. The molecule has 2 aromatic heterocycles. The fourth-order valence-corrected chi connectivity index (χ4v) is 3.35. The highest BCUT2D eigenvalue weighted by molar-refractivity contribution is 9.10. The van der Waals surface area contributed by atoms with Gasteiger partial charge >= 0.3 is 0 Å². The van der Waals surface area contributed by atoms with Gasteiger partial charge in [-0.15, -0.1) is 0 Å². The Hall–Kier alpha value is -2.52. The standard InChI is InChI=1S/C20H23BrN4O4/c1-28-10-11-29-19-16(5-2-8-22-19)20(27)25-9-3-4-14(13-25)18(26)24-17-7-6-15(21)12-23-17/h2,5-8,12,14H,3-4,9-11,13H2,1H3,(H,23,24,26). The van der Waals surface area contributed by atoms with Crippen LogP contribution in [-0.2, 0) is 9.53 Å². The molecule has 9 heteroatoms. The third-order valence-corrected chi connectivity index (χ3v) is 5.05. The SMILES string of the molecule is COCCOc1ncccc1C(=O)N1CCCC(C(=O)Nc2ccc(Br)cn2)C1. The molecule has 0 aromatic carbocycles. The first-order valence-corrected chi connectivity index (χ1v) is 10.2. The van der Waals surface area contributed by atoms with E-state index in [0.29, 0.717) is 37.7 Å². The lowest BCUT2D eigenvalue weighted by atomic mass is 9.96. The zero-order valence-electron chi connectivity index (χ0n) is 16.1. The number of carbonyl (C=O) groups is 2. The Labute approximate surface area is 177 Å². The lowest BCUT2D eigenvalue weighted by Crippen LogP contribution is -2.44. The lowest BCUT2D eigenvalue weighted by Gasteiger charge is -2.32. The van der Waals surface area contributed by atoms with Crippen molar-refractivity contribution in [2.75, 3.05) is 38.7 Å². The quantitative estimate of drug-likeness (QED) is 0.635. The van der Waals surface area contributed by atoms with Gasteiger partial charge in [0.1, 0.15) is 18.0 Å². The summed E-state index contributed by atoms with van der Waals surface area (Å²) >= 11 is 3.32. The minimum atomic E-state index is -0.298. The van der Waals surface area contributed by atoms with Crippen LogP contribution in [0.15, 0.2) is 41.1 Å². The number of rotatable bonds is 7. The lowest BCUT2D eigenvalue weighted by molar-refractivity contribution is -0.121. The predicted molar refractivity (Wildman–Crippen MR) is 111 cm³/mol. The molecule has 1 unspecified atom stereocenters. The molecule has 2 amide bonds. The van der Waals surface area contributed by atoms with Gasteiger partial charge in [-0.25, -0.2) is 9.97 Å². The molecule has 2 aromatic rings. The summed E-state index contributed by atoms with van der Waals surface area (Å²) in [5, 5.41) is 2.82. The second-order valence-electron chi connectivity index (χ2n) is 6.64. The van der Waals surface area contributed by atoms with E-state index >= 15 is 0 Å². The molecule has 1 aliphatic heterocycles. The number of pyridine rings is 2. The number of hydrogen-bond donors (Lipinski definition) is 1. The van der Waals surface area contributed by atoms with Gasteiger partial charge in [0.15, 0.2) is 0 Å². The van der Waals surface area contributed by atoms with Crippen LogP contribution < -0.4 is 10.1 Å². The molecule has 154 valence electrons. The Balaban J connectivity index is 1.65. The van der Waals surface area contributed by atoms with E-state index in [1.807, 2.05) is 6.07 Å². The zero-order valence-corrected chi connectivity index (χ0v) is 17.7. The molecular weight excluding hydrogens is 440 g/mol. The molecule has 0 saturated carbocycles. The summed E-state index contributed by atoms with van der Waals surface area (Å²) in [5.41, 5.74) is 0.388. The van der Waals surface area contributed by atoms with Crippen LogP contribution >= 0.6 is 15.9 Å². The molecule has 0 spiro atoms. The Morgan fingerprint density at radius 1 is 1.28 bits per heavy atom. The highest BCUT2D eigenvalue weighted by Crippen LogP contribution is 2.23. The van der Waals surface area contributed by atoms with E-state index in [1.165, 1.54) is 0 Å². The molecule has 1 aliphatic rings. The highest BCUT2D eigenvalue weighted by Gasteiger charge is 2.30. The van der Waals surface area contributed by atoms with Gasteiger partial charge in [-0.3, -0.25) is 9.59 Å². The van der Waals surface area contributed by atoms with Gasteiger partial charge in [0.05, 0.1) is 12.5 Å². The van der Waals surface area contributed by atoms with Gasteiger partial charge in [-0.05, 0) is 53.0 Å².